The molecule has 1 aliphatic rings. The molecule has 3 rings (SSSR count). The van der Waals surface area contributed by atoms with Crippen LogP contribution in [-0.2, 0) is 4.79 Å². The van der Waals surface area contributed by atoms with Gasteiger partial charge in [0.1, 0.15) is 18.1 Å². The lowest BCUT2D eigenvalue weighted by molar-refractivity contribution is -0.116. The van der Waals surface area contributed by atoms with Gasteiger partial charge in [-0.3, -0.25) is 19.9 Å². The van der Waals surface area contributed by atoms with E-state index in [2.05, 4.69) is 15.6 Å². The molecule has 3 unspecified atom stereocenters. The van der Waals surface area contributed by atoms with Gasteiger partial charge in [0.2, 0.25) is 5.91 Å². The first-order valence-electron chi connectivity index (χ1n) is 9.92. The maximum Gasteiger partial charge on any atom is 0.275 e. The van der Waals surface area contributed by atoms with Gasteiger partial charge in [0.15, 0.2) is 5.88 Å². The number of hydrogen-bond donors (Lipinski definition) is 7. The molecule has 0 radical (unpaired) electrons. The lowest BCUT2D eigenvalue weighted by Crippen LogP contribution is -2.46. The number of carbonyl (C=O) groups is 1. The van der Waals surface area contributed by atoms with Gasteiger partial charge in [0.05, 0.1) is 0 Å². The van der Waals surface area contributed by atoms with Gasteiger partial charge < -0.3 is 26.4 Å². The monoisotopic (exact) mass is 404 g/mol. The Kier molecular flexibility index (Phi) is 6.86. The third kappa shape index (κ3) is 4.76. The van der Waals surface area contributed by atoms with Gasteiger partial charge in [-0.25, -0.2) is 0 Å². The highest BCUT2D eigenvalue weighted by atomic mass is 16.3. The highest BCUT2D eigenvalue weighted by Gasteiger charge is 2.31. The number of anilines is 1. The number of piperidine rings is 1. The fourth-order valence-electron chi connectivity index (χ4n) is 3.85. The van der Waals surface area contributed by atoms with E-state index < -0.39 is 23.9 Å². The number of hydrogen-bond acceptors (Lipinski definition) is 7. The number of H-pyrrole nitrogens is 1. The Morgan fingerprint density at radius 2 is 2.00 bits per heavy atom. The molecule has 8 N–H and O–H groups in total. The molecule has 3 atom stereocenters. The van der Waals surface area contributed by atoms with Crippen LogP contribution in [0.25, 0.3) is 10.8 Å². The molecule has 9 heteroatoms. The highest BCUT2D eigenvalue weighted by molar-refractivity contribution is 6.05. The lowest BCUT2D eigenvalue weighted by atomic mass is 9.86. The van der Waals surface area contributed by atoms with Crippen LogP contribution < -0.4 is 21.9 Å². The molecular weight excluding hydrogens is 376 g/mol. The average molecular weight is 404 g/mol. The van der Waals surface area contributed by atoms with E-state index in [1.54, 1.807) is 18.2 Å². The molecule has 0 spiro atoms. The number of carbonyl (C=O) groups excluding carboxylic acids is 1. The molecule has 2 aromatic rings. The van der Waals surface area contributed by atoms with Crippen LogP contribution in [0.4, 0.5) is 5.69 Å². The van der Waals surface area contributed by atoms with Crippen molar-refractivity contribution in [3.05, 3.63) is 34.1 Å². The molecule has 1 aromatic carbocycles. The minimum Gasteiger partial charge on any atom is -0.494 e. The third-order valence-electron chi connectivity index (χ3n) is 5.33. The normalized spacial score (nSPS) is 22.0. The SMILES string of the molecule is NCCCCCC(=O)Nc1c(=O)[nH]c(O)c2cccc(C3CCC(O)NC3O)c12. The van der Waals surface area contributed by atoms with E-state index in [-0.39, 0.29) is 23.9 Å². The zero-order valence-electron chi connectivity index (χ0n) is 16.1. The van der Waals surface area contributed by atoms with Crippen molar-refractivity contribution in [2.24, 2.45) is 5.73 Å². The molecule has 1 aromatic heterocycles. The number of aromatic nitrogens is 1. The maximum absolute atomic E-state index is 12.6. The fourth-order valence-corrected chi connectivity index (χ4v) is 3.85. The molecule has 1 saturated heterocycles. The second-order valence-electron chi connectivity index (χ2n) is 7.41. The van der Waals surface area contributed by atoms with Crippen LogP contribution in [0.3, 0.4) is 0 Å². The van der Waals surface area contributed by atoms with Crippen LogP contribution in [0.15, 0.2) is 23.0 Å². The smallest absolute Gasteiger partial charge is 0.275 e. The van der Waals surface area contributed by atoms with Gasteiger partial charge in [-0.1, -0.05) is 18.6 Å². The zero-order valence-corrected chi connectivity index (χ0v) is 16.1. The summed E-state index contributed by atoms with van der Waals surface area (Å²) in [5.74, 6) is -1.01. The first-order chi connectivity index (χ1) is 13.9. The van der Waals surface area contributed by atoms with Crippen LogP contribution in [0.1, 0.15) is 50.0 Å². The van der Waals surface area contributed by atoms with Gasteiger partial charge in [0.25, 0.3) is 5.56 Å². The van der Waals surface area contributed by atoms with Crippen LogP contribution in [0.5, 0.6) is 5.88 Å². The average Bonchev–Trinajstić information content (AvgIpc) is 2.68. The molecule has 0 aliphatic carbocycles. The van der Waals surface area contributed by atoms with Crippen molar-refractivity contribution >= 4 is 22.4 Å². The van der Waals surface area contributed by atoms with Crippen LogP contribution in [-0.4, -0.2) is 45.2 Å². The molecule has 0 saturated carbocycles. The van der Waals surface area contributed by atoms with E-state index in [9.17, 15) is 24.9 Å². The minimum absolute atomic E-state index is 0.0514. The molecule has 1 amide bonds. The molecule has 2 heterocycles. The lowest BCUT2D eigenvalue weighted by Gasteiger charge is -2.33. The minimum atomic E-state index is -1.02. The number of fused-ring (bicyclic) bond motifs is 1. The van der Waals surface area contributed by atoms with E-state index in [4.69, 9.17) is 5.73 Å². The number of aromatic amines is 1. The maximum atomic E-state index is 12.6. The molecular formula is C20H28N4O5. The van der Waals surface area contributed by atoms with Crippen LogP contribution in [0, 0.1) is 0 Å². The van der Waals surface area contributed by atoms with Crippen LogP contribution in [0.2, 0.25) is 0 Å². The second kappa shape index (κ2) is 9.36. The van der Waals surface area contributed by atoms with Crippen molar-refractivity contribution in [3.8, 4) is 5.88 Å². The number of aliphatic hydroxyl groups is 2. The van der Waals surface area contributed by atoms with Crippen molar-refractivity contribution in [3.63, 3.8) is 0 Å². The Balaban J connectivity index is 1.99. The summed E-state index contributed by atoms with van der Waals surface area (Å²) in [6.07, 6.45) is 1.65. The predicted molar refractivity (Wildman–Crippen MR) is 110 cm³/mol. The number of amides is 1. The molecule has 158 valence electrons. The molecule has 1 aliphatic heterocycles. The topological polar surface area (TPSA) is 161 Å². The number of benzene rings is 1. The Morgan fingerprint density at radius 1 is 1.21 bits per heavy atom. The summed E-state index contributed by atoms with van der Waals surface area (Å²) in [6.45, 7) is 0.569. The first-order valence-corrected chi connectivity index (χ1v) is 9.92. The summed E-state index contributed by atoms with van der Waals surface area (Å²) in [6, 6.07) is 5.11. The number of aromatic hydroxyl groups is 1. The Morgan fingerprint density at radius 3 is 2.72 bits per heavy atom. The summed E-state index contributed by atoms with van der Waals surface area (Å²) in [5.41, 5.74) is 5.52. The summed E-state index contributed by atoms with van der Waals surface area (Å²) in [4.78, 5) is 27.3. The van der Waals surface area contributed by atoms with Crippen molar-refractivity contribution in [2.75, 3.05) is 11.9 Å². The fraction of sp³-hybridized carbons (Fsp3) is 0.500. The van der Waals surface area contributed by atoms with E-state index in [1.165, 1.54) is 0 Å². The summed E-state index contributed by atoms with van der Waals surface area (Å²) in [7, 11) is 0. The number of rotatable bonds is 7. The Hall–Kier alpha value is -2.46. The first kappa shape index (κ1) is 21.3. The third-order valence-corrected chi connectivity index (χ3v) is 5.33. The van der Waals surface area contributed by atoms with Crippen molar-refractivity contribution in [2.45, 2.75) is 56.9 Å². The molecule has 1 fully saturated rings. The zero-order chi connectivity index (χ0) is 21.0. The van der Waals surface area contributed by atoms with E-state index in [0.717, 1.165) is 12.8 Å². The Bertz CT molecular complexity index is 929. The van der Waals surface area contributed by atoms with Gasteiger partial charge in [-0.15, -0.1) is 0 Å². The number of nitrogens with one attached hydrogen (secondary N) is 3. The predicted octanol–water partition coefficient (Wildman–Crippen LogP) is 0.795. The summed E-state index contributed by atoms with van der Waals surface area (Å²) >= 11 is 0. The summed E-state index contributed by atoms with van der Waals surface area (Å²) < 4.78 is 0. The number of unbranched alkanes of at least 4 members (excludes halogenated alkanes) is 2. The quantitative estimate of drug-likeness (QED) is 0.336. The number of pyridine rings is 1. The van der Waals surface area contributed by atoms with E-state index in [0.29, 0.717) is 42.1 Å². The van der Waals surface area contributed by atoms with E-state index in [1.807, 2.05) is 0 Å². The highest BCUT2D eigenvalue weighted by Crippen LogP contribution is 2.37. The summed E-state index contributed by atoms with van der Waals surface area (Å²) in [5, 5.41) is 36.5. The second-order valence-corrected chi connectivity index (χ2v) is 7.41. The van der Waals surface area contributed by atoms with E-state index >= 15 is 0 Å². The molecule has 9 nitrogen and oxygen atoms in total. The van der Waals surface area contributed by atoms with Crippen molar-refractivity contribution in [1.82, 2.24) is 10.3 Å². The Labute approximate surface area is 167 Å². The van der Waals surface area contributed by atoms with Crippen molar-refractivity contribution in [1.29, 1.82) is 0 Å². The number of aliphatic hydroxyl groups excluding tert-OH is 2. The standard InChI is InChI=1S/C20H28N4O5/c21-10-3-1-2-7-14(25)22-17-16-11(12-8-9-15(26)23-18(12)27)5-4-6-13(16)19(28)24-20(17)29/h4-6,12,15,18,23,26-27H,1-3,7-10,21H2,(H,22,25)(H2,24,28,29). The number of nitrogens with two attached hydrogens (primary N) is 1. The van der Waals surface area contributed by atoms with Crippen molar-refractivity contribution < 1.29 is 20.1 Å². The van der Waals surface area contributed by atoms with Gasteiger partial charge >= 0.3 is 0 Å². The van der Waals surface area contributed by atoms with Gasteiger partial charge in [-0.2, -0.15) is 0 Å². The van der Waals surface area contributed by atoms with Gasteiger partial charge in [0, 0.05) is 23.1 Å². The molecule has 29 heavy (non-hydrogen) atoms. The van der Waals surface area contributed by atoms with Gasteiger partial charge in [-0.05, 0) is 43.9 Å². The largest absolute Gasteiger partial charge is 0.494 e. The molecule has 0 bridgehead atoms. The van der Waals surface area contributed by atoms with Crippen LogP contribution >= 0.6 is 0 Å².